The van der Waals surface area contributed by atoms with Crippen molar-refractivity contribution < 1.29 is 9.90 Å². The maximum atomic E-state index is 12.1. The minimum absolute atomic E-state index is 0.0282. The molecule has 1 aromatic heterocycles. The van der Waals surface area contributed by atoms with Crippen LogP contribution in [0.25, 0.3) is 0 Å². The van der Waals surface area contributed by atoms with Crippen molar-refractivity contribution in [2.45, 2.75) is 45.7 Å². The van der Waals surface area contributed by atoms with Crippen LogP contribution in [0, 0.1) is 5.41 Å². The van der Waals surface area contributed by atoms with E-state index in [0.29, 0.717) is 12.2 Å². The van der Waals surface area contributed by atoms with Crippen molar-refractivity contribution in [2.24, 2.45) is 5.41 Å². The van der Waals surface area contributed by atoms with Crippen LogP contribution in [0.1, 0.15) is 33.1 Å². The van der Waals surface area contributed by atoms with E-state index >= 15 is 0 Å². The molecule has 1 aromatic rings. The Morgan fingerprint density at radius 1 is 1.52 bits per heavy atom. The molecule has 21 heavy (non-hydrogen) atoms. The Bertz CT molecular complexity index is 570. The summed E-state index contributed by atoms with van der Waals surface area (Å²) >= 11 is 0. The van der Waals surface area contributed by atoms with E-state index in [4.69, 9.17) is 0 Å². The molecule has 2 rings (SSSR count). The van der Waals surface area contributed by atoms with E-state index in [1.54, 1.807) is 12.3 Å². The van der Waals surface area contributed by atoms with Crippen LogP contribution in [-0.4, -0.2) is 28.4 Å². The molecule has 0 bridgehead atoms. The monoisotopic (exact) mass is 293 g/mol. The zero-order valence-corrected chi connectivity index (χ0v) is 12.6. The van der Waals surface area contributed by atoms with Crippen LogP contribution in [0.5, 0.6) is 0 Å². The molecular weight excluding hydrogens is 270 g/mol. The lowest BCUT2D eigenvalue weighted by atomic mass is 9.86. The molecule has 1 aliphatic rings. The number of aliphatic hydroxyl groups is 1. The number of anilines is 1. The van der Waals surface area contributed by atoms with E-state index in [-0.39, 0.29) is 29.7 Å². The van der Waals surface area contributed by atoms with E-state index in [0.717, 1.165) is 19.3 Å². The smallest absolute Gasteiger partial charge is 0.319 e. The third kappa shape index (κ3) is 3.44. The van der Waals surface area contributed by atoms with Crippen molar-refractivity contribution in [3.05, 3.63) is 28.7 Å². The van der Waals surface area contributed by atoms with Crippen molar-refractivity contribution in [2.75, 3.05) is 11.9 Å². The number of aryl methyl sites for hydroxylation is 1. The molecule has 0 aromatic carbocycles. The third-order valence-electron chi connectivity index (χ3n) is 4.33. The molecule has 0 saturated heterocycles. The fourth-order valence-electron chi connectivity index (χ4n) is 2.85. The van der Waals surface area contributed by atoms with Gasteiger partial charge in [0, 0.05) is 30.3 Å². The number of nitrogens with one attached hydrogen (secondary N) is 2. The highest BCUT2D eigenvalue weighted by Crippen LogP contribution is 2.37. The molecule has 6 nitrogen and oxygen atoms in total. The third-order valence-corrected chi connectivity index (χ3v) is 4.33. The van der Waals surface area contributed by atoms with Crippen molar-refractivity contribution in [1.29, 1.82) is 0 Å². The van der Waals surface area contributed by atoms with Crippen molar-refractivity contribution in [3.8, 4) is 0 Å². The summed E-state index contributed by atoms with van der Waals surface area (Å²) in [6.45, 7) is 4.48. The number of urea groups is 1. The van der Waals surface area contributed by atoms with Gasteiger partial charge in [-0.25, -0.2) is 4.79 Å². The van der Waals surface area contributed by atoms with Crippen LogP contribution in [-0.2, 0) is 6.54 Å². The molecule has 1 saturated carbocycles. The highest BCUT2D eigenvalue weighted by atomic mass is 16.3. The van der Waals surface area contributed by atoms with E-state index in [1.807, 2.05) is 13.8 Å². The molecule has 1 heterocycles. The number of hydrogen-bond donors (Lipinski definition) is 3. The maximum Gasteiger partial charge on any atom is 0.319 e. The number of amides is 2. The molecule has 0 radical (unpaired) electrons. The molecular formula is C15H23N3O3. The highest BCUT2D eigenvalue weighted by molar-refractivity contribution is 5.89. The number of carbonyl (C=O) groups is 1. The summed E-state index contributed by atoms with van der Waals surface area (Å²) in [5, 5.41) is 15.2. The molecule has 1 fully saturated rings. The van der Waals surface area contributed by atoms with Crippen molar-refractivity contribution >= 4 is 11.7 Å². The Hall–Kier alpha value is -1.82. The Morgan fingerprint density at radius 2 is 2.29 bits per heavy atom. The summed E-state index contributed by atoms with van der Waals surface area (Å²) in [7, 11) is 0. The van der Waals surface area contributed by atoms with Crippen LogP contribution in [0.4, 0.5) is 10.5 Å². The Kier molecular flexibility index (Phi) is 4.67. The summed E-state index contributed by atoms with van der Waals surface area (Å²) in [6, 6.07) is 2.70. The Morgan fingerprint density at radius 3 is 2.95 bits per heavy atom. The summed E-state index contributed by atoms with van der Waals surface area (Å²) in [4.78, 5) is 23.6. The van der Waals surface area contributed by atoms with Crippen molar-refractivity contribution in [1.82, 2.24) is 9.88 Å². The first kappa shape index (κ1) is 15.6. The average molecular weight is 293 g/mol. The van der Waals surface area contributed by atoms with E-state index in [9.17, 15) is 14.7 Å². The van der Waals surface area contributed by atoms with Crippen LogP contribution in [0.3, 0.4) is 0 Å². The number of pyridine rings is 1. The molecule has 0 spiro atoms. The topological polar surface area (TPSA) is 83.4 Å². The number of aliphatic hydroxyl groups excluding tert-OH is 1. The minimum Gasteiger partial charge on any atom is -0.396 e. The molecule has 1 aliphatic carbocycles. The van der Waals surface area contributed by atoms with Gasteiger partial charge in [-0.1, -0.05) is 13.3 Å². The number of hydrogen-bond acceptors (Lipinski definition) is 3. The first-order valence-electron chi connectivity index (χ1n) is 7.37. The molecule has 0 aliphatic heterocycles. The van der Waals surface area contributed by atoms with Gasteiger partial charge in [0.15, 0.2) is 0 Å². The van der Waals surface area contributed by atoms with Crippen LogP contribution < -0.4 is 16.2 Å². The molecule has 2 unspecified atom stereocenters. The van der Waals surface area contributed by atoms with Crippen molar-refractivity contribution in [3.63, 3.8) is 0 Å². The molecule has 2 atom stereocenters. The lowest BCUT2D eigenvalue weighted by Gasteiger charge is -2.30. The van der Waals surface area contributed by atoms with Gasteiger partial charge in [-0.15, -0.1) is 0 Å². The second-order valence-electron chi connectivity index (χ2n) is 5.90. The summed E-state index contributed by atoms with van der Waals surface area (Å²) < 4.78 is 1.53. The van der Waals surface area contributed by atoms with E-state index < -0.39 is 0 Å². The van der Waals surface area contributed by atoms with Gasteiger partial charge in [0.05, 0.1) is 12.3 Å². The fourth-order valence-corrected chi connectivity index (χ4v) is 2.85. The molecule has 116 valence electrons. The Labute approximate surface area is 124 Å². The SMILES string of the molecule is CCn1cc(NC(=O)NC2CCCC2(C)CO)ccc1=O. The van der Waals surface area contributed by atoms with Crippen LogP contribution in [0.15, 0.2) is 23.1 Å². The van der Waals surface area contributed by atoms with Gasteiger partial charge in [-0.3, -0.25) is 4.79 Å². The lowest BCUT2D eigenvalue weighted by molar-refractivity contribution is 0.122. The zero-order chi connectivity index (χ0) is 15.5. The average Bonchev–Trinajstić information content (AvgIpc) is 2.83. The van der Waals surface area contributed by atoms with Crippen LogP contribution in [0.2, 0.25) is 0 Å². The van der Waals surface area contributed by atoms with Gasteiger partial charge in [-0.05, 0) is 25.8 Å². The van der Waals surface area contributed by atoms with Gasteiger partial charge in [0.1, 0.15) is 0 Å². The predicted molar refractivity (Wildman–Crippen MR) is 81.4 cm³/mol. The quantitative estimate of drug-likeness (QED) is 0.787. The summed E-state index contributed by atoms with van der Waals surface area (Å²) in [5.41, 5.74) is 0.240. The number of aromatic nitrogens is 1. The summed E-state index contributed by atoms with van der Waals surface area (Å²) in [5.74, 6) is 0. The molecule has 2 amide bonds. The second kappa shape index (κ2) is 6.30. The Balaban J connectivity index is 2.00. The second-order valence-corrected chi connectivity index (χ2v) is 5.90. The predicted octanol–water partition coefficient (Wildman–Crippen LogP) is 1.54. The fraction of sp³-hybridized carbons (Fsp3) is 0.600. The van der Waals surface area contributed by atoms with Gasteiger partial charge in [0.25, 0.3) is 5.56 Å². The number of rotatable bonds is 4. The first-order valence-corrected chi connectivity index (χ1v) is 7.37. The number of carbonyl (C=O) groups excluding carboxylic acids is 1. The molecule has 6 heteroatoms. The van der Waals surface area contributed by atoms with Gasteiger partial charge in [0.2, 0.25) is 0 Å². The van der Waals surface area contributed by atoms with E-state index in [2.05, 4.69) is 10.6 Å². The van der Waals surface area contributed by atoms with Gasteiger partial charge in [-0.2, -0.15) is 0 Å². The van der Waals surface area contributed by atoms with Gasteiger partial charge >= 0.3 is 6.03 Å². The lowest BCUT2D eigenvalue weighted by Crippen LogP contribution is -2.46. The van der Waals surface area contributed by atoms with Gasteiger partial charge < -0.3 is 20.3 Å². The standard InChI is InChI=1S/C15H23N3O3/c1-3-18-9-11(6-7-13(18)20)16-14(21)17-12-5-4-8-15(12,2)10-19/h6-7,9,12,19H,3-5,8,10H2,1-2H3,(H2,16,17,21). The summed E-state index contributed by atoms with van der Waals surface area (Å²) in [6.07, 6.45) is 4.42. The number of nitrogens with zero attached hydrogens (tertiary/aromatic N) is 1. The maximum absolute atomic E-state index is 12.1. The first-order chi connectivity index (χ1) is 9.98. The normalized spacial score (nSPS) is 24.8. The zero-order valence-electron chi connectivity index (χ0n) is 12.6. The minimum atomic E-state index is -0.303. The highest BCUT2D eigenvalue weighted by Gasteiger charge is 2.39. The van der Waals surface area contributed by atoms with E-state index in [1.165, 1.54) is 10.6 Å². The largest absolute Gasteiger partial charge is 0.396 e. The van der Waals surface area contributed by atoms with Crippen LogP contribution >= 0.6 is 0 Å². The molecule has 3 N–H and O–H groups in total.